The Balaban J connectivity index is 1.64. The molecule has 0 bridgehead atoms. The number of nitrogens with one attached hydrogen (secondary N) is 2. The van der Waals surface area contributed by atoms with Crippen molar-refractivity contribution in [2.45, 2.75) is 77.4 Å². The first-order chi connectivity index (χ1) is 13.2. The summed E-state index contributed by atoms with van der Waals surface area (Å²) >= 11 is 0. The Morgan fingerprint density at radius 2 is 1.68 bits per heavy atom. The van der Waals surface area contributed by atoms with Gasteiger partial charge in [-0.15, -0.1) is 0 Å². The van der Waals surface area contributed by atoms with Gasteiger partial charge in [0.2, 0.25) is 11.8 Å². The molecule has 3 amide bonds. The number of piperidine rings is 1. The SMILES string of the molecule is CC(C)(C)OC(=O)NCC(=O)N1CCC(NC(=O)/C=C/C2CCCCC2)CC1. The van der Waals surface area contributed by atoms with Gasteiger partial charge in [-0.05, 0) is 58.4 Å². The average molecular weight is 394 g/mol. The van der Waals surface area contributed by atoms with Gasteiger partial charge in [0.15, 0.2) is 0 Å². The van der Waals surface area contributed by atoms with Gasteiger partial charge in [-0.2, -0.15) is 0 Å². The minimum absolute atomic E-state index is 0.0399. The molecular formula is C21H35N3O4. The summed E-state index contributed by atoms with van der Waals surface area (Å²) in [7, 11) is 0. The summed E-state index contributed by atoms with van der Waals surface area (Å²) in [5.41, 5.74) is -0.588. The molecule has 7 nitrogen and oxygen atoms in total. The largest absolute Gasteiger partial charge is 0.444 e. The van der Waals surface area contributed by atoms with E-state index in [1.165, 1.54) is 32.1 Å². The summed E-state index contributed by atoms with van der Waals surface area (Å²) in [5.74, 6) is 0.367. The smallest absolute Gasteiger partial charge is 0.408 e. The molecule has 7 heteroatoms. The molecule has 2 N–H and O–H groups in total. The molecule has 0 aromatic rings. The number of rotatable bonds is 5. The molecule has 2 fully saturated rings. The molecule has 0 spiro atoms. The molecule has 0 atom stereocenters. The number of hydrogen-bond acceptors (Lipinski definition) is 4. The minimum Gasteiger partial charge on any atom is -0.444 e. The van der Waals surface area contributed by atoms with Crippen LogP contribution < -0.4 is 10.6 Å². The van der Waals surface area contributed by atoms with Crippen LogP contribution in [0.15, 0.2) is 12.2 Å². The van der Waals surface area contributed by atoms with E-state index in [-0.39, 0.29) is 24.4 Å². The zero-order valence-corrected chi connectivity index (χ0v) is 17.5. The average Bonchev–Trinajstić information content (AvgIpc) is 2.64. The lowest BCUT2D eigenvalue weighted by atomic mass is 9.89. The third-order valence-electron chi connectivity index (χ3n) is 5.15. The van der Waals surface area contributed by atoms with Crippen molar-refractivity contribution in [2.75, 3.05) is 19.6 Å². The molecule has 0 radical (unpaired) electrons. The molecule has 1 heterocycles. The lowest BCUT2D eigenvalue weighted by molar-refractivity contribution is -0.131. The summed E-state index contributed by atoms with van der Waals surface area (Å²) in [5, 5.41) is 5.54. The molecule has 2 aliphatic rings. The number of carbonyl (C=O) groups excluding carboxylic acids is 3. The predicted molar refractivity (Wildman–Crippen MR) is 108 cm³/mol. The van der Waals surface area contributed by atoms with E-state index in [0.717, 1.165) is 12.8 Å². The van der Waals surface area contributed by atoms with E-state index in [0.29, 0.717) is 19.0 Å². The molecule has 0 aromatic heterocycles. The van der Waals surface area contributed by atoms with Crippen LogP contribution in [-0.2, 0) is 14.3 Å². The van der Waals surface area contributed by atoms with Gasteiger partial charge in [-0.1, -0.05) is 25.3 Å². The van der Waals surface area contributed by atoms with Crippen LogP contribution in [0.25, 0.3) is 0 Å². The van der Waals surface area contributed by atoms with Crippen molar-refractivity contribution in [1.29, 1.82) is 0 Å². The molecule has 0 aromatic carbocycles. The molecule has 1 saturated heterocycles. The van der Waals surface area contributed by atoms with Gasteiger partial charge in [0.25, 0.3) is 0 Å². The van der Waals surface area contributed by atoms with Crippen LogP contribution in [0, 0.1) is 5.92 Å². The van der Waals surface area contributed by atoms with Crippen molar-refractivity contribution >= 4 is 17.9 Å². The first-order valence-electron chi connectivity index (χ1n) is 10.5. The van der Waals surface area contributed by atoms with Gasteiger partial charge in [-0.25, -0.2) is 4.79 Å². The molecule has 0 unspecified atom stereocenters. The Kier molecular flexibility index (Phi) is 8.33. The van der Waals surface area contributed by atoms with Crippen molar-refractivity contribution in [3.05, 3.63) is 12.2 Å². The lowest BCUT2D eigenvalue weighted by Gasteiger charge is -2.32. The Bertz CT molecular complexity index is 569. The maximum absolute atomic E-state index is 12.2. The van der Waals surface area contributed by atoms with Crippen LogP contribution in [0.3, 0.4) is 0 Å². The molecule has 28 heavy (non-hydrogen) atoms. The molecule has 1 aliphatic carbocycles. The van der Waals surface area contributed by atoms with E-state index in [4.69, 9.17) is 4.74 Å². The first kappa shape index (κ1) is 22.2. The Morgan fingerprint density at radius 3 is 2.29 bits per heavy atom. The van der Waals surface area contributed by atoms with E-state index in [2.05, 4.69) is 16.7 Å². The summed E-state index contributed by atoms with van der Waals surface area (Å²) in [6, 6.07) is 0.0892. The van der Waals surface area contributed by atoms with Crippen molar-refractivity contribution in [1.82, 2.24) is 15.5 Å². The van der Waals surface area contributed by atoms with Crippen LogP contribution in [0.2, 0.25) is 0 Å². The van der Waals surface area contributed by atoms with Crippen molar-refractivity contribution < 1.29 is 19.1 Å². The maximum atomic E-state index is 12.2. The van der Waals surface area contributed by atoms with E-state index in [1.807, 2.05) is 0 Å². The Labute approximate surface area is 168 Å². The Morgan fingerprint density at radius 1 is 1.04 bits per heavy atom. The highest BCUT2D eigenvalue weighted by Crippen LogP contribution is 2.24. The third kappa shape index (κ3) is 8.31. The van der Waals surface area contributed by atoms with E-state index in [1.54, 1.807) is 31.7 Å². The van der Waals surface area contributed by atoms with Crippen molar-refractivity contribution in [3.8, 4) is 0 Å². The van der Waals surface area contributed by atoms with Crippen molar-refractivity contribution in [2.24, 2.45) is 5.92 Å². The molecule has 1 saturated carbocycles. The lowest BCUT2D eigenvalue weighted by Crippen LogP contribution is -2.49. The summed E-state index contributed by atoms with van der Waals surface area (Å²) < 4.78 is 5.13. The summed E-state index contributed by atoms with van der Waals surface area (Å²) in [6.07, 6.45) is 10.8. The number of carbonyl (C=O) groups is 3. The highest BCUT2D eigenvalue weighted by molar-refractivity contribution is 5.87. The number of alkyl carbamates (subject to hydrolysis) is 1. The maximum Gasteiger partial charge on any atom is 0.408 e. The van der Waals surface area contributed by atoms with Gasteiger partial charge < -0.3 is 20.3 Å². The van der Waals surface area contributed by atoms with Gasteiger partial charge in [-0.3, -0.25) is 9.59 Å². The topological polar surface area (TPSA) is 87.7 Å². The van der Waals surface area contributed by atoms with Crippen LogP contribution >= 0.6 is 0 Å². The zero-order valence-electron chi connectivity index (χ0n) is 17.5. The number of allylic oxidation sites excluding steroid dienone is 1. The van der Waals surface area contributed by atoms with Crippen LogP contribution in [0.1, 0.15) is 65.7 Å². The number of hydrogen-bond donors (Lipinski definition) is 2. The van der Waals surface area contributed by atoms with Crippen LogP contribution in [0.4, 0.5) is 4.79 Å². The summed E-state index contributed by atoms with van der Waals surface area (Å²) in [4.78, 5) is 37.7. The molecular weight excluding hydrogens is 358 g/mol. The molecule has 158 valence electrons. The van der Waals surface area contributed by atoms with E-state index in [9.17, 15) is 14.4 Å². The zero-order chi connectivity index (χ0) is 20.6. The second-order valence-corrected chi connectivity index (χ2v) is 8.78. The Hall–Kier alpha value is -2.05. The van der Waals surface area contributed by atoms with Gasteiger partial charge >= 0.3 is 6.09 Å². The monoisotopic (exact) mass is 393 g/mol. The minimum atomic E-state index is -0.590. The predicted octanol–water partition coefficient (Wildman–Crippen LogP) is 2.75. The fourth-order valence-electron chi connectivity index (χ4n) is 3.65. The van der Waals surface area contributed by atoms with Crippen LogP contribution in [-0.4, -0.2) is 54.1 Å². The fourth-order valence-corrected chi connectivity index (χ4v) is 3.65. The highest BCUT2D eigenvalue weighted by atomic mass is 16.6. The molecule has 1 aliphatic heterocycles. The number of nitrogens with zero attached hydrogens (tertiary/aromatic N) is 1. The highest BCUT2D eigenvalue weighted by Gasteiger charge is 2.24. The number of ether oxygens (including phenoxy) is 1. The van der Waals surface area contributed by atoms with Gasteiger partial charge in [0.1, 0.15) is 12.1 Å². The van der Waals surface area contributed by atoms with Crippen LogP contribution in [0.5, 0.6) is 0 Å². The normalized spacial score (nSPS) is 19.5. The van der Waals surface area contributed by atoms with Crippen molar-refractivity contribution in [3.63, 3.8) is 0 Å². The van der Waals surface area contributed by atoms with E-state index < -0.39 is 11.7 Å². The second-order valence-electron chi connectivity index (χ2n) is 8.78. The fraction of sp³-hybridized carbons (Fsp3) is 0.762. The first-order valence-corrected chi connectivity index (χ1v) is 10.5. The third-order valence-corrected chi connectivity index (χ3v) is 5.15. The number of amides is 3. The second kappa shape index (κ2) is 10.5. The standard InChI is InChI=1S/C21H35N3O4/c1-21(2,3)28-20(27)22-15-19(26)24-13-11-17(12-14-24)23-18(25)10-9-16-7-5-4-6-8-16/h9-10,16-17H,4-8,11-15H2,1-3H3,(H,22,27)(H,23,25)/b10-9+. The molecule has 2 rings (SSSR count). The number of likely N-dealkylation sites (tertiary alicyclic amines) is 1. The van der Waals surface area contributed by atoms with Gasteiger partial charge in [0.05, 0.1) is 0 Å². The van der Waals surface area contributed by atoms with E-state index >= 15 is 0 Å². The van der Waals surface area contributed by atoms with Gasteiger partial charge in [0, 0.05) is 19.1 Å². The quantitative estimate of drug-likeness (QED) is 0.703. The summed E-state index contributed by atoms with van der Waals surface area (Å²) in [6.45, 7) is 6.40.